The van der Waals surface area contributed by atoms with Gasteiger partial charge in [-0.25, -0.2) is 9.37 Å². The van der Waals surface area contributed by atoms with Crippen LogP contribution in [0.25, 0.3) is 0 Å². The van der Waals surface area contributed by atoms with E-state index < -0.39 is 11.7 Å². The highest BCUT2D eigenvalue weighted by molar-refractivity contribution is 6.04. The molecule has 0 saturated carbocycles. The van der Waals surface area contributed by atoms with Crippen LogP contribution in [0.5, 0.6) is 0 Å². The van der Waals surface area contributed by atoms with E-state index in [1.165, 1.54) is 36.5 Å². The lowest BCUT2D eigenvalue weighted by Crippen LogP contribution is -2.14. The average Bonchev–Trinajstić information content (AvgIpc) is 2.42. The van der Waals surface area contributed by atoms with Crippen molar-refractivity contribution in [3.8, 4) is 0 Å². The minimum Gasteiger partial charge on any atom is -0.307 e. The molecule has 0 aliphatic rings. The number of hydrogen-bond donors (Lipinski definition) is 1. The molecule has 5 heteroatoms. The number of anilines is 1. The van der Waals surface area contributed by atoms with Crippen LogP contribution in [0.2, 0.25) is 0 Å². The first-order valence-corrected chi connectivity index (χ1v) is 5.59. The van der Waals surface area contributed by atoms with Gasteiger partial charge < -0.3 is 5.32 Å². The fraction of sp³-hybridized carbons (Fsp3) is 0.0714. The Morgan fingerprint density at radius 1 is 1.32 bits per heavy atom. The van der Waals surface area contributed by atoms with Crippen molar-refractivity contribution in [2.45, 2.75) is 6.92 Å². The third-order valence-electron chi connectivity index (χ3n) is 2.61. The van der Waals surface area contributed by atoms with Crippen LogP contribution in [0.4, 0.5) is 10.2 Å². The Kier molecular flexibility index (Phi) is 3.66. The van der Waals surface area contributed by atoms with Crippen molar-refractivity contribution >= 4 is 18.0 Å². The van der Waals surface area contributed by atoms with E-state index in [2.05, 4.69) is 10.3 Å². The summed E-state index contributed by atoms with van der Waals surface area (Å²) in [5.74, 6) is -0.609. The molecule has 96 valence electrons. The number of amides is 1. The van der Waals surface area contributed by atoms with Crippen molar-refractivity contribution in [1.82, 2.24) is 4.98 Å². The van der Waals surface area contributed by atoms with Gasteiger partial charge in [0.25, 0.3) is 5.91 Å². The van der Waals surface area contributed by atoms with Crippen molar-refractivity contribution in [2.75, 3.05) is 5.32 Å². The first kappa shape index (κ1) is 12.9. The van der Waals surface area contributed by atoms with Gasteiger partial charge in [-0.15, -0.1) is 0 Å². The van der Waals surface area contributed by atoms with Gasteiger partial charge in [0.05, 0.1) is 0 Å². The molecule has 0 spiro atoms. The molecule has 2 rings (SSSR count). The summed E-state index contributed by atoms with van der Waals surface area (Å²) in [6.45, 7) is 1.72. The Bertz CT molecular complexity index is 624. The maximum atomic E-state index is 13.1. The van der Waals surface area contributed by atoms with Crippen molar-refractivity contribution < 1.29 is 14.0 Å². The van der Waals surface area contributed by atoms with E-state index in [1.54, 1.807) is 6.92 Å². The number of nitrogens with one attached hydrogen (secondary N) is 1. The maximum Gasteiger partial charge on any atom is 0.257 e. The highest BCUT2D eigenvalue weighted by Crippen LogP contribution is 2.12. The number of nitrogens with zero attached hydrogens (tertiary/aromatic N) is 1. The molecule has 19 heavy (non-hydrogen) atoms. The standard InChI is InChI=1S/C14H11FN2O2/c1-9-2-4-11(15)6-12(9)14(19)17-13-5-3-10(8-18)7-16-13/h2-8H,1H3,(H,16,17,19). The Labute approximate surface area is 109 Å². The number of aromatic nitrogens is 1. The molecule has 0 radical (unpaired) electrons. The van der Waals surface area contributed by atoms with Crippen LogP contribution in [0, 0.1) is 12.7 Å². The molecule has 0 bridgehead atoms. The minimum atomic E-state index is -0.472. The molecule has 0 aliphatic heterocycles. The van der Waals surface area contributed by atoms with E-state index in [1.807, 2.05) is 0 Å². The van der Waals surface area contributed by atoms with Crippen LogP contribution in [0.15, 0.2) is 36.5 Å². The largest absolute Gasteiger partial charge is 0.307 e. The van der Waals surface area contributed by atoms with Crippen LogP contribution in [-0.2, 0) is 0 Å². The molecule has 1 heterocycles. The second-order valence-corrected chi connectivity index (χ2v) is 4.01. The fourth-order valence-corrected chi connectivity index (χ4v) is 1.57. The zero-order valence-corrected chi connectivity index (χ0v) is 10.2. The number of pyridine rings is 1. The zero-order chi connectivity index (χ0) is 13.8. The molecule has 0 saturated heterocycles. The summed E-state index contributed by atoms with van der Waals surface area (Å²) in [4.78, 5) is 26.3. The predicted molar refractivity (Wildman–Crippen MR) is 68.7 cm³/mol. The van der Waals surface area contributed by atoms with Gasteiger partial charge in [-0.1, -0.05) is 6.07 Å². The Balaban J connectivity index is 2.20. The van der Waals surface area contributed by atoms with Crippen LogP contribution < -0.4 is 5.32 Å². The number of aryl methyl sites for hydroxylation is 1. The van der Waals surface area contributed by atoms with E-state index in [0.717, 1.165) is 0 Å². The van der Waals surface area contributed by atoms with E-state index in [-0.39, 0.29) is 5.56 Å². The van der Waals surface area contributed by atoms with Crippen LogP contribution in [-0.4, -0.2) is 17.2 Å². The van der Waals surface area contributed by atoms with Gasteiger partial charge in [0.1, 0.15) is 11.6 Å². The number of benzene rings is 1. The number of halogens is 1. The normalized spacial score (nSPS) is 10.0. The number of rotatable bonds is 3. The van der Waals surface area contributed by atoms with Crippen molar-refractivity contribution in [3.63, 3.8) is 0 Å². The van der Waals surface area contributed by atoms with Crippen molar-refractivity contribution in [2.24, 2.45) is 0 Å². The number of hydrogen-bond acceptors (Lipinski definition) is 3. The third kappa shape index (κ3) is 3.01. The summed E-state index contributed by atoms with van der Waals surface area (Å²) in [7, 11) is 0. The van der Waals surface area contributed by atoms with E-state index in [4.69, 9.17) is 0 Å². The average molecular weight is 258 g/mol. The van der Waals surface area contributed by atoms with Crippen molar-refractivity contribution in [1.29, 1.82) is 0 Å². The van der Waals surface area contributed by atoms with E-state index >= 15 is 0 Å². The molecule has 2 aromatic rings. The summed E-state index contributed by atoms with van der Waals surface area (Å²) in [6.07, 6.45) is 2.01. The topological polar surface area (TPSA) is 59.1 Å². The first-order chi connectivity index (χ1) is 9.10. The van der Waals surface area contributed by atoms with Crippen molar-refractivity contribution in [3.05, 3.63) is 59.0 Å². The zero-order valence-electron chi connectivity index (χ0n) is 10.2. The second-order valence-electron chi connectivity index (χ2n) is 4.01. The number of aldehydes is 1. The Morgan fingerprint density at radius 3 is 2.74 bits per heavy atom. The number of carbonyl (C=O) groups excluding carboxylic acids is 2. The Morgan fingerprint density at radius 2 is 2.11 bits per heavy atom. The second kappa shape index (κ2) is 5.39. The van der Waals surface area contributed by atoms with Crippen LogP contribution in [0.3, 0.4) is 0 Å². The summed E-state index contributed by atoms with van der Waals surface area (Å²) in [5, 5.41) is 2.54. The van der Waals surface area contributed by atoms with E-state index in [9.17, 15) is 14.0 Å². The summed E-state index contributed by atoms with van der Waals surface area (Å²) in [6, 6.07) is 7.05. The summed E-state index contributed by atoms with van der Waals surface area (Å²) < 4.78 is 13.1. The smallest absolute Gasteiger partial charge is 0.257 e. The lowest BCUT2D eigenvalue weighted by atomic mass is 10.1. The molecular weight excluding hydrogens is 247 g/mol. The number of carbonyl (C=O) groups is 2. The molecule has 0 unspecified atom stereocenters. The van der Waals surface area contributed by atoms with Gasteiger partial charge in [0.15, 0.2) is 6.29 Å². The highest BCUT2D eigenvalue weighted by Gasteiger charge is 2.10. The molecular formula is C14H11FN2O2. The monoisotopic (exact) mass is 258 g/mol. The summed E-state index contributed by atoms with van der Waals surface area (Å²) >= 11 is 0. The third-order valence-corrected chi connectivity index (χ3v) is 2.61. The molecule has 1 amide bonds. The quantitative estimate of drug-likeness (QED) is 0.861. The highest BCUT2D eigenvalue weighted by atomic mass is 19.1. The SMILES string of the molecule is Cc1ccc(F)cc1C(=O)Nc1ccc(C=O)cn1. The van der Waals surface area contributed by atoms with Gasteiger partial charge in [0, 0.05) is 17.3 Å². The molecule has 0 fully saturated rings. The van der Waals surface area contributed by atoms with Gasteiger partial charge in [-0.2, -0.15) is 0 Å². The molecule has 0 atom stereocenters. The minimum absolute atomic E-state index is 0.251. The van der Waals surface area contributed by atoms with Gasteiger partial charge in [-0.05, 0) is 36.8 Å². The molecule has 0 aliphatic carbocycles. The molecule has 4 nitrogen and oxygen atoms in total. The molecule has 1 aromatic carbocycles. The van der Waals surface area contributed by atoms with Crippen LogP contribution in [0.1, 0.15) is 26.3 Å². The van der Waals surface area contributed by atoms with Crippen LogP contribution >= 0.6 is 0 Å². The first-order valence-electron chi connectivity index (χ1n) is 5.59. The van der Waals surface area contributed by atoms with Gasteiger partial charge in [-0.3, -0.25) is 9.59 Å². The van der Waals surface area contributed by atoms with E-state index in [0.29, 0.717) is 23.2 Å². The van der Waals surface area contributed by atoms with Gasteiger partial charge >= 0.3 is 0 Å². The lowest BCUT2D eigenvalue weighted by Gasteiger charge is -2.07. The molecule has 1 N–H and O–H groups in total. The van der Waals surface area contributed by atoms with Gasteiger partial charge in [0.2, 0.25) is 0 Å². The lowest BCUT2D eigenvalue weighted by molar-refractivity contribution is 0.102. The molecule has 1 aromatic heterocycles. The fourth-order valence-electron chi connectivity index (χ4n) is 1.57. The maximum absolute atomic E-state index is 13.1. The Hall–Kier alpha value is -2.56. The predicted octanol–water partition coefficient (Wildman–Crippen LogP) is 2.59. The summed E-state index contributed by atoms with van der Waals surface area (Å²) in [5.41, 5.74) is 1.34.